The second-order valence-electron chi connectivity index (χ2n) is 4.89. The molecule has 0 radical (unpaired) electrons. The average Bonchev–Trinajstić information content (AvgIpc) is 2.29. The largest absolute Gasteiger partial charge is 0.493 e. The zero-order chi connectivity index (χ0) is 13.8. The molecule has 1 aromatic carbocycles. The van der Waals surface area contributed by atoms with Gasteiger partial charge in [0.15, 0.2) is 11.5 Å². The first-order valence-electron chi connectivity index (χ1n) is 6.08. The summed E-state index contributed by atoms with van der Waals surface area (Å²) in [6.45, 7) is 6.48. The molecular weight excluding hydrogens is 230 g/mol. The number of ether oxygens (including phenoxy) is 3. The number of rotatable bonds is 6. The lowest BCUT2D eigenvalue weighted by Gasteiger charge is -2.22. The predicted octanol–water partition coefficient (Wildman–Crippen LogP) is 2.38. The Morgan fingerprint density at radius 2 is 1.78 bits per heavy atom. The van der Waals surface area contributed by atoms with Gasteiger partial charge in [-0.3, -0.25) is 0 Å². The highest BCUT2D eigenvalue weighted by atomic mass is 16.5. The van der Waals surface area contributed by atoms with Gasteiger partial charge in [-0.05, 0) is 33.3 Å². The van der Waals surface area contributed by atoms with Crippen molar-refractivity contribution < 1.29 is 14.2 Å². The van der Waals surface area contributed by atoms with Crippen LogP contribution in [0.15, 0.2) is 12.1 Å². The van der Waals surface area contributed by atoms with E-state index >= 15 is 0 Å². The zero-order valence-corrected chi connectivity index (χ0v) is 11.9. The zero-order valence-electron chi connectivity index (χ0n) is 11.9. The van der Waals surface area contributed by atoms with Crippen molar-refractivity contribution in [3.8, 4) is 17.2 Å². The summed E-state index contributed by atoms with van der Waals surface area (Å²) in [5.41, 5.74) is 6.80. The van der Waals surface area contributed by atoms with Gasteiger partial charge in [0.1, 0.15) is 0 Å². The van der Waals surface area contributed by atoms with E-state index in [0.717, 1.165) is 11.3 Å². The molecule has 0 atom stereocenters. The summed E-state index contributed by atoms with van der Waals surface area (Å²) in [5.74, 6) is 2.01. The quantitative estimate of drug-likeness (QED) is 0.845. The van der Waals surface area contributed by atoms with Gasteiger partial charge in [-0.15, -0.1) is 0 Å². The van der Waals surface area contributed by atoms with Crippen LogP contribution in [0.4, 0.5) is 0 Å². The number of benzene rings is 1. The second kappa shape index (κ2) is 5.96. The van der Waals surface area contributed by atoms with Crippen LogP contribution in [0.25, 0.3) is 0 Å². The highest BCUT2D eigenvalue weighted by molar-refractivity contribution is 5.56. The standard InChI is InChI=1S/C14H23NO3/c1-6-18-12-10(9-14(2,3)15)7-8-11(16-4)13(12)17-5/h7-8H,6,9,15H2,1-5H3. The van der Waals surface area contributed by atoms with Crippen LogP contribution >= 0.6 is 0 Å². The fourth-order valence-corrected chi connectivity index (χ4v) is 1.87. The SMILES string of the molecule is CCOc1c(CC(C)(C)N)ccc(OC)c1OC. The second-order valence-corrected chi connectivity index (χ2v) is 4.89. The third-order valence-corrected chi connectivity index (χ3v) is 2.52. The van der Waals surface area contributed by atoms with Crippen molar-refractivity contribution in [2.24, 2.45) is 5.73 Å². The van der Waals surface area contributed by atoms with Crippen LogP contribution in [0, 0.1) is 0 Å². The molecule has 0 aromatic heterocycles. The van der Waals surface area contributed by atoms with Crippen LogP contribution in [-0.4, -0.2) is 26.4 Å². The molecular formula is C14H23NO3. The summed E-state index contributed by atoms with van der Waals surface area (Å²) in [6, 6.07) is 3.85. The molecule has 0 aliphatic carbocycles. The Labute approximate surface area is 109 Å². The van der Waals surface area contributed by atoms with E-state index in [2.05, 4.69) is 0 Å². The molecule has 4 heteroatoms. The molecule has 0 bridgehead atoms. The van der Waals surface area contributed by atoms with Crippen LogP contribution in [0.2, 0.25) is 0 Å². The lowest BCUT2D eigenvalue weighted by Crippen LogP contribution is -2.34. The maximum Gasteiger partial charge on any atom is 0.203 e. The fourth-order valence-electron chi connectivity index (χ4n) is 1.87. The van der Waals surface area contributed by atoms with Crippen molar-refractivity contribution >= 4 is 0 Å². The summed E-state index contributed by atoms with van der Waals surface area (Å²) < 4.78 is 16.3. The molecule has 0 aliphatic rings. The Kier molecular flexibility index (Phi) is 4.84. The van der Waals surface area contributed by atoms with E-state index in [1.807, 2.05) is 32.9 Å². The molecule has 1 aromatic rings. The van der Waals surface area contributed by atoms with Gasteiger partial charge in [0.2, 0.25) is 5.75 Å². The molecule has 2 N–H and O–H groups in total. The van der Waals surface area contributed by atoms with Crippen LogP contribution in [0.3, 0.4) is 0 Å². The maximum atomic E-state index is 6.07. The highest BCUT2D eigenvalue weighted by Gasteiger charge is 2.20. The number of methoxy groups -OCH3 is 2. The van der Waals surface area contributed by atoms with E-state index in [0.29, 0.717) is 24.5 Å². The molecule has 0 heterocycles. The van der Waals surface area contributed by atoms with Crippen molar-refractivity contribution in [2.45, 2.75) is 32.7 Å². The van der Waals surface area contributed by atoms with Crippen molar-refractivity contribution in [1.29, 1.82) is 0 Å². The van der Waals surface area contributed by atoms with E-state index in [4.69, 9.17) is 19.9 Å². The van der Waals surface area contributed by atoms with Crippen molar-refractivity contribution in [3.05, 3.63) is 17.7 Å². The Balaban J connectivity index is 3.25. The van der Waals surface area contributed by atoms with Crippen molar-refractivity contribution in [1.82, 2.24) is 0 Å². The summed E-state index contributed by atoms with van der Waals surface area (Å²) in [4.78, 5) is 0. The molecule has 0 spiro atoms. The number of nitrogens with two attached hydrogens (primary N) is 1. The van der Waals surface area contributed by atoms with Crippen LogP contribution < -0.4 is 19.9 Å². The monoisotopic (exact) mass is 253 g/mol. The van der Waals surface area contributed by atoms with Crippen LogP contribution in [-0.2, 0) is 6.42 Å². The highest BCUT2D eigenvalue weighted by Crippen LogP contribution is 2.40. The average molecular weight is 253 g/mol. The van der Waals surface area contributed by atoms with Gasteiger partial charge >= 0.3 is 0 Å². The van der Waals surface area contributed by atoms with Gasteiger partial charge in [0.05, 0.1) is 20.8 Å². The first kappa shape index (κ1) is 14.6. The van der Waals surface area contributed by atoms with E-state index in [9.17, 15) is 0 Å². The third-order valence-electron chi connectivity index (χ3n) is 2.52. The first-order chi connectivity index (χ1) is 8.42. The number of hydrogen-bond acceptors (Lipinski definition) is 4. The lowest BCUT2D eigenvalue weighted by molar-refractivity contribution is 0.292. The third kappa shape index (κ3) is 3.53. The Bertz CT molecular complexity index is 397. The minimum atomic E-state index is -0.300. The van der Waals surface area contributed by atoms with E-state index in [1.54, 1.807) is 14.2 Å². The summed E-state index contributed by atoms with van der Waals surface area (Å²) >= 11 is 0. The van der Waals surface area contributed by atoms with Crippen molar-refractivity contribution in [2.75, 3.05) is 20.8 Å². The minimum Gasteiger partial charge on any atom is -0.493 e. The Morgan fingerprint density at radius 1 is 1.11 bits per heavy atom. The minimum absolute atomic E-state index is 0.300. The summed E-state index contributed by atoms with van der Waals surface area (Å²) in [7, 11) is 3.22. The molecule has 0 amide bonds. The smallest absolute Gasteiger partial charge is 0.203 e. The Hall–Kier alpha value is -1.42. The van der Waals surface area contributed by atoms with E-state index in [-0.39, 0.29) is 5.54 Å². The molecule has 1 rings (SSSR count). The van der Waals surface area contributed by atoms with Crippen molar-refractivity contribution in [3.63, 3.8) is 0 Å². The lowest BCUT2D eigenvalue weighted by atomic mass is 9.95. The van der Waals surface area contributed by atoms with Gasteiger partial charge in [-0.25, -0.2) is 0 Å². The van der Waals surface area contributed by atoms with Gasteiger partial charge in [-0.2, -0.15) is 0 Å². The molecule has 0 saturated heterocycles. The Morgan fingerprint density at radius 3 is 2.22 bits per heavy atom. The van der Waals surface area contributed by atoms with E-state index < -0.39 is 0 Å². The fraction of sp³-hybridized carbons (Fsp3) is 0.571. The van der Waals surface area contributed by atoms with E-state index in [1.165, 1.54) is 0 Å². The molecule has 4 nitrogen and oxygen atoms in total. The van der Waals surface area contributed by atoms with Gasteiger partial charge in [0.25, 0.3) is 0 Å². The van der Waals surface area contributed by atoms with Gasteiger partial charge < -0.3 is 19.9 Å². The molecule has 0 aliphatic heterocycles. The normalized spacial score (nSPS) is 11.2. The molecule has 0 fully saturated rings. The first-order valence-corrected chi connectivity index (χ1v) is 6.08. The van der Waals surface area contributed by atoms with Crippen LogP contribution in [0.5, 0.6) is 17.2 Å². The molecule has 102 valence electrons. The molecule has 18 heavy (non-hydrogen) atoms. The van der Waals surface area contributed by atoms with Gasteiger partial charge in [0, 0.05) is 11.1 Å². The number of hydrogen-bond donors (Lipinski definition) is 1. The summed E-state index contributed by atoms with van der Waals surface area (Å²) in [6.07, 6.45) is 0.711. The van der Waals surface area contributed by atoms with Crippen LogP contribution in [0.1, 0.15) is 26.3 Å². The van der Waals surface area contributed by atoms with Gasteiger partial charge in [-0.1, -0.05) is 6.07 Å². The summed E-state index contributed by atoms with van der Waals surface area (Å²) in [5, 5.41) is 0. The predicted molar refractivity (Wildman–Crippen MR) is 72.7 cm³/mol. The topological polar surface area (TPSA) is 53.7 Å². The maximum absolute atomic E-state index is 6.07. The molecule has 0 saturated carbocycles. The molecule has 0 unspecified atom stereocenters.